The lowest BCUT2D eigenvalue weighted by Gasteiger charge is -2.22. The fourth-order valence-electron chi connectivity index (χ4n) is 2.82. The molecular formula is C20H23N5O3. The van der Waals surface area contributed by atoms with Gasteiger partial charge in [-0.25, -0.2) is 14.5 Å². The topological polar surface area (TPSA) is 92.5 Å². The number of carbonyl (C=O) groups excluding carboxylic acids is 1. The van der Waals surface area contributed by atoms with Gasteiger partial charge in [-0.2, -0.15) is 5.10 Å². The number of aromatic nitrogens is 3. The van der Waals surface area contributed by atoms with Crippen LogP contribution in [0.2, 0.25) is 0 Å². The van der Waals surface area contributed by atoms with E-state index in [2.05, 4.69) is 15.4 Å². The van der Waals surface area contributed by atoms with Crippen LogP contribution in [0, 0.1) is 0 Å². The number of rotatable bonds is 6. The molecule has 1 atom stereocenters. The summed E-state index contributed by atoms with van der Waals surface area (Å²) in [5.41, 5.74) is 2.68. The number of benzene rings is 2. The molecule has 2 aromatic carbocycles. The second kappa shape index (κ2) is 8.43. The van der Waals surface area contributed by atoms with Crippen molar-refractivity contribution in [1.29, 1.82) is 0 Å². The Kier molecular flexibility index (Phi) is 5.78. The summed E-state index contributed by atoms with van der Waals surface area (Å²) in [6.45, 7) is 2.29. The number of phenolic OH excluding ortho intramolecular Hbond substituents is 1. The summed E-state index contributed by atoms with van der Waals surface area (Å²) in [5, 5.41) is 16.9. The standard InChI is InChI=1S/C20H23N5O3/c1-14(16-5-7-17(8-6-16)25-13-21-12-22-25)23-20(27)24(2)11-15-4-9-19(28-3)18(26)10-15/h4-10,12-14,26H,11H2,1-3H3,(H,23,27). The lowest BCUT2D eigenvalue weighted by Crippen LogP contribution is -2.38. The number of phenols is 1. The van der Waals surface area contributed by atoms with Crippen LogP contribution in [0.4, 0.5) is 4.79 Å². The van der Waals surface area contributed by atoms with Gasteiger partial charge in [0, 0.05) is 13.6 Å². The third kappa shape index (κ3) is 4.40. The van der Waals surface area contributed by atoms with Gasteiger partial charge in [0.15, 0.2) is 11.5 Å². The zero-order valence-electron chi connectivity index (χ0n) is 16.0. The van der Waals surface area contributed by atoms with E-state index in [9.17, 15) is 9.90 Å². The van der Waals surface area contributed by atoms with E-state index >= 15 is 0 Å². The molecule has 0 radical (unpaired) electrons. The van der Waals surface area contributed by atoms with Crippen molar-refractivity contribution in [2.75, 3.05) is 14.2 Å². The molecule has 3 aromatic rings. The highest BCUT2D eigenvalue weighted by molar-refractivity contribution is 5.74. The van der Waals surface area contributed by atoms with Crippen LogP contribution in [0.25, 0.3) is 5.69 Å². The number of nitrogens with zero attached hydrogens (tertiary/aromatic N) is 4. The fraction of sp³-hybridized carbons (Fsp3) is 0.250. The van der Waals surface area contributed by atoms with Gasteiger partial charge in [0.1, 0.15) is 12.7 Å². The molecule has 2 amide bonds. The van der Waals surface area contributed by atoms with Crippen molar-refractivity contribution in [3.63, 3.8) is 0 Å². The van der Waals surface area contributed by atoms with Crippen LogP contribution >= 0.6 is 0 Å². The third-order valence-corrected chi connectivity index (χ3v) is 4.43. The average molecular weight is 381 g/mol. The zero-order chi connectivity index (χ0) is 20.1. The minimum atomic E-state index is -0.205. The first-order chi connectivity index (χ1) is 13.5. The molecule has 0 fully saturated rings. The highest BCUT2D eigenvalue weighted by atomic mass is 16.5. The molecular weight excluding hydrogens is 358 g/mol. The first-order valence-electron chi connectivity index (χ1n) is 8.80. The van der Waals surface area contributed by atoms with Gasteiger partial charge in [0.25, 0.3) is 0 Å². The van der Waals surface area contributed by atoms with E-state index in [0.717, 1.165) is 16.8 Å². The van der Waals surface area contributed by atoms with Crippen molar-refractivity contribution in [3.05, 3.63) is 66.2 Å². The van der Waals surface area contributed by atoms with E-state index < -0.39 is 0 Å². The van der Waals surface area contributed by atoms with Crippen LogP contribution in [-0.2, 0) is 6.54 Å². The van der Waals surface area contributed by atoms with Crippen molar-refractivity contribution in [2.45, 2.75) is 19.5 Å². The summed E-state index contributed by atoms with van der Waals surface area (Å²) < 4.78 is 6.71. The molecule has 0 aliphatic heterocycles. The van der Waals surface area contributed by atoms with Crippen molar-refractivity contribution >= 4 is 6.03 Å². The van der Waals surface area contributed by atoms with Crippen molar-refractivity contribution in [2.24, 2.45) is 0 Å². The molecule has 28 heavy (non-hydrogen) atoms. The second-order valence-electron chi connectivity index (χ2n) is 6.47. The van der Waals surface area contributed by atoms with Gasteiger partial charge in [0.2, 0.25) is 0 Å². The van der Waals surface area contributed by atoms with Crippen molar-refractivity contribution < 1.29 is 14.6 Å². The Morgan fingerprint density at radius 2 is 2.04 bits per heavy atom. The quantitative estimate of drug-likeness (QED) is 0.685. The maximum absolute atomic E-state index is 12.5. The highest BCUT2D eigenvalue weighted by Crippen LogP contribution is 2.26. The lowest BCUT2D eigenvalue weighted by atomic mass is 10.1. The van der Waals surface area contributed by atoms with Crippen LogP contribution < -0.4 is 10.1 Å². The van der Waals surface area contributed by atoms with E-state index in [1.54, 1.807) is 35.1 Å². The molecule has 0 aliphatic carbocycles. The summed E-state index contributed by atoms with van der Waals surface area (Å²) in [7, 11) is 3.20. The minimum Gasteiger partial charge on any atom is -0.504 e. The normalized spacial score (nSPS) is 11.7. The predicted molar refractivity (Wildman–Crippen MR) is 104 cm³/mol. The molecule has 0 bridgehead atoms. The van der Waals surface area contributed by atoms with E-state index in [1.807, 2.05) is 37.3 Å². The number of ether oxygens (including phenoxy) is 1. The molecule has 0 saturated heterocycles. The summed E-state index contributed by atoms with van der Waals surface area (Å²) in [5.74, 6) is 0.452. The number of methoxy groups -OCH3 is 1. The Bertz CT molecular complexity index is 926. The Balaban J connectivity index is 1.59. The lowest BCUT2D eigenvalue weighted by molar-refractivity contribution is 0.203. The van der Waals surface area contributed by atoms with E-state index in [4.69, 9.17) is 4.74 Å². The predicted octanol–water partition coefficient (Wildman–Crippen LogP) is 2.88. The fourth-order valence-corrected chi connectivity index (χ4v) is 2.82. The first-order valence-corrected chi connectivity index (χ1v) is 8.80. The molecule has 1 unspecified atom stereocenters. The molecule has 2 N–H and O–H groups in total. The molecule has 146 valence electrons. The molecule has 0 aliphatic rings. The highest BCUT2D eigenvalue weighted by Gasteiger charge is 2.14. The number of amides is 2. The van der Waals surface area contributed by atoms with Gasteiger partial charge in [-0.05, 0) is 42.3 Å². The molecule has 0 saturated carbocycles. The van der Waals surface area contributed by atoms with Crippen LogP contribution in [0.5, 0.6) is 11.5 Å². The van der Waals surface area contributed by atoms with Crippen LogP contribution in [-0.4, -0.2) is 45.0 Å². The Hall–Kier alpha value is -3.55. The second-order valence-corrected chi connectivity index (χ2v) is 6.47. The van der Waals surface area contributed by atoms with Gasteiger partial charge in [-0.1, -0.05) is 18.2 Å². The average Bonchev–Trinajstić information content (AvgIpc) is 3.23. The number of carbonyl (C=O) groups is 1. The van der Waals surface area contributed by atoms with E-state index in [-0.39, 0.29) is 17.8 Å². The van der Waals surface area contributed by atoms with Crippen LogP contribution in [0.1, 0.15) is 24.1 Å². The van der Waals surface area contributed by atoms with Crippen molar-refractivity contribution in [3.8, 4) is 17.2 Å². The molecule has 8 heteroatoms. The van der Waals surface area contributed by atoms with Crippen molar-refractivity contribution in [1.82, 2.24) is 25.0 Å². The Labute approximate surface area is 163 Å². The van der Waals surface area contributed by atoms with Gasteiger partial charge >= 0.3 is 6.03 Å². The number of nitrogens with one attached hydrogen (secondary N) is 1. The van der Waals surface area contributed by atoms with E-state index in [1.165, 1.54) is 13.4 Å². The van der Waals surface area contributed by atoms with Crippen LogP contribution in [0.3, 0.4) is 0 Å². The molecule has 1 aromatic heterocycles. The summed E-state index contributed by atoms with van der Waals surface area (Å²) in [6.07, 6.45) is 3.11. The summed E-state index contributed by atoms with van der Waals surface area (Å²) in [4.78, 5) is 18.0. The van der Waals surface area contributed by atoms with Gasteiger partial charge in [0.05, 0.1) is 18.8 Å². The number of hydrogen-bond donors (Lipinski definition) is 2. The number of aromatic hydroxyl groups is 1. The van der Waals surface area contributed by atoms with Gasteiger partial charge in [-0.3, -0.25) is 0 Å². The van der Waals surface area contributed by atoms with Gasteiger partial charge in [-0.15, -0.1) is 0 Å². The van der Waals surface area contributed by atoms with E-state index in [0.29, 0.717) is 12.3 Å². The maximum Gasteiger partial charge on any atom is 0.317 e. The number of urea groups is 1. The smallest absolute Gasteiger partial charge is 0.317 e. The monoisotopic (exact) mass is 381 g/mol. The SMILES string of the molecule is COc1ccc(CN(C)C(=O)NC(C)c2ccc(-n3cncn3)cc2)cc1O. The molecule has 3 rings (SSSR count). The Morgan fingerprint density at radius 3 is 2.64 bits per heavy atom. The van der Waals surface area contributed by atoms with Crippen LogP contribution in [0.15, 0.2) is 55.1 Å². The van der Waals surface area contributed by atoms with Gasteiger partial charge < -0.3 is 20.1 Å². The molecule has 0 spiro atoms. The maximum atomic E-state index is 12.5. The first kappa shape index (κ1) is 19.2. The summed E-state index contributed by atoms with van der Waals surface area (Å²) >= 11 is 0. The number of hydrogen-bond acceptors (Lipinski definition) is 5. The summed E-state index contributed by atoms with van der Waals surface area (Å²) in [6, 6.07) is 12.5. The molecule has 8 nitrogen and oxygen atoms in total. The third-order valence-electron chi connectivity index (χ3n) is 4.43. The minimum absolute atomic E-state index is 0.0506. The largest absolute Gasteiger partial charge is 0.504 e. The molecule has 1 heterocycles. The zero-order valence-corrected chi connectivity index (χ0v) is 16.0. The Morgan fingerprint density at radius 1 is 1.29 bits per heavy atom.